The van der Waals surface area contributed by atoms with Crippen LogP contribution in [0.1, 0.15) is 55.8 Å². The van der Waals surface area contributed by atoms with E-state index in [9.17, 15) is 9.90 Å². The van der Waals surface area contributed by atoms with Crippen LogP contribution in [0.5, 0.6) is 5.75 Å². The van der Waals surface area contributed by atoms with Crippen molar-refractivity contribution in [1.82, 2.24) is 15.2 Å². The number of carbonyl (C=O) groups is 1. The van der Waals surface area contributed by atoms with Crippen molar-refractivity contribution in [3.8, 4) is 39.1 Å². The van der Waals surface area contributed by atoms with Gasteiger partial charge < -0.3 is 20.1 Å². The van der Waals surface area contributed by atoms with E-state index < -0.39 is 6.10 Å². The van der Waals surface area contributed by atoms with E-state index >= 15 is 0 Å². The molecule has 2 amide bonds. The summed E-state index contributed by atoms with van der Waals surface area (Å²) in [6.07, 6.45) is 10.6. The minimum atomic E-state index is -0.428. The van der Waals surface area contributed by atoms with Gasteiger partial charge in [0, 0.05) is 24.8 Å². The van der Waals surface area contributed by atoms with Gasteiger partial charge in [-0.1, -0.05) is 24.1 Å². The topological polar surface area (TPSA) is 74.7 Å². The van der Waals surface area contributed by atoms with Gasteiger partial charge in [0.25, 0.3) is 0 Å². The number of fused-ring (bicyclic) bond motifs is 1. The van der Waals surface area contributed by atoms with Crippen molar-refractivity contribution < 1.29 is 14.6 Å². The highest BCUT2D eigenvalue weighted by Gasteiger charge is 2.29. The van der Waals surface area contributed by atoms with Crippen LogP contribution in [0, 0.1) is 12.3 Å². The quantitative estimate of drug-likeness (QED) is 0.459. The Morgan fingerprint density at radius 3 is 2.94 bits per heavy atom. The number of ether oxygens (including phenoxy) is 1. The molecule has 186 valence electrons. The van der Waals surface area contributed by atoms with Crippen molar-refractivity contribution in [1.29, 1.82) is 0 Å². The second-order valence-corrected chi connectivity index (χ2v) is 10.7. The lowest BCUT2D eigenvalue weighted by atomic mass is 10.0. The Bertz CT molecular complexity index is 1310. The number of nitrogens with zero attached hydrogens (tertiary/aromatic N) is 2. The maximum absolute atomic E-state index is 12.8. The number of carbonyl (C=O) groups excluding carboxylic acids is 1. The molecule has 2 aliphatic rings. The Balaban J connectivity index is 1.36. The van der Waals surface area contributed by atoms with E-state index in [-0.39, 0.29) is 18.2 Å². The van der Waals surface area contributed by atoms with Crippen LogP contribution in [0.2, 0.25) is 0 Å². The molecule has 0 radical (unpaired) electrons. The Hall–Kier alpha value is -3.34. The number of hydrogen-bond acceptors (Lipinski definition) is 5. The first-order valence-electron chi connectivity index (χ1n) is 12.5. The summed E-state index contributed by atoms with van der Waals surface area (Å²) in [5.74, 6) is 3.44. The molecule has 1 fully saturated rings. The zero-order valence-corrected chi connectivity index (χ0v) is 21.5. The van der Waals surface area contributed by atoms with Crippen molar-refractivity contribution in [2.24, 2.45) is 0 Å². The molecule has 2 N–H and O–H groups in total. The lowest BCUT2D eigenvalue weighted by Crippen LogP contribution is -2.47. The summed E-state index contributed by atoms with van der Waals surface area (Å²) in [6.45, 7) is 5.06. The van der Waals surface area contributed by atoms with Gasteiger partial charge in [-0.15, -0.1) is 17.8 Å². The largest absolute Gasteiger partial charge is 0.490 e. The third-order valence-corrected chi connectivity index (χ3v) is 7.85. The van der Waals surface area contributed by atoms with Crippen molar-refractivity contribution in [2.45, 2.75) is 57.8 Å². The van der Waals surface area contributed by atoms with Crippen molar-refractivity contribution in [3.63, 3.8) is 0 Å². The molecule has 0 saturated carbocycles. The Kier molecular flexibility index (Phi) is 6.99. The number of β-amino-alcohol motifs (C(OH)–C–C–N with tert-alkyl or cyclic N) is 1. The number of terminal acetylenes is 1. The second kappa shape index (κ2) is 10.3. The first-order valence-corrected chi connectivity index (χ1v) is 13.3. The summed E-state index contributed by atoms with van der Waals surface area (Å²) in [6, 6.07) is 12.1. The molecular weight excluding hydrogens is 470 g/mol. The first-order chi connectivity index (χ1) is 17.4. The van der Waals surface area contributed by atoms with Crippen LogP contribution in [0.4, 0.5) is 4.79 Å². The van der Waals surface area contributed by atoms with Gasteiger partial charge in [0.05, 0.1) is 28.7 Å². The molecule has 7 heteroatoms. The summed E-state index contributed by atoms with van der Waals surface area (Å²) in [7, 11) is 0. The summed E-state index contributed by atoms with van der Waals surface area (Å²) in [4.78, 5) is 20.4. The molecule has 0 spiro atoms. The average molecular weight is 502 g/mol. The van der Waals surface area contributed by atoms with Gasteiger partial charge in [0.2, 0.25) is 0 Å². The number of piperidine rings is 1. The number of aliphatic hydroxyl groups is 1. The van der Waals surface area contributed by atoms with Crippen LogP contribution in [0.3, 0.4) is 0 Å². The Morgan fingerprint density at radius 1 is 1.31 bits per heavy atom. The van der Waals surface area contributed by atoms with Crippen LogP contribution in [0.15, 0.2) is 42.6 Å². The number of urea groups is 1. The smallest absolute Gasteiger partial charge is 0.317 e. The number of rotatable bonds is 5. The Labute approximate surface area is 216 Å². The summed E-state index contributed by atoms with van der Waals surface area (Å²) in [5, 5.41) is 14.0. The predicted molar refractivity (Wildman–Crippen MR) is 143 cm³/mol. The number of nitrogens with one attached hydrogen (secondary N) is 1. The van der Waals surface area contributed by atoms with Gasteiger partial charge in [0.15, 0.2) is 0 Å². The number of aromatic nitrogens is 1. The molecule has 5 rings (SSSR count). The van der Waals surface area contributed by atoms with Gasteiger partial charge in [-0.2, -0.15) is 0 Å². The number of aliphatic hydroxyl groups excluding tert-OH is 1. The molecule has 3 aromatic rings. The molecule has 1 aromatic heterocycles. The van der Waals surface area contributed by atoms with Crippen molar-refractivity contribution in [2.75, 3.05) is 13.1 Å². The summed E-state index contributed by atoms with van der Waals surface area (Å²) in [5.41, 5.74) is 5.29. The number of likely N-dealkylation sites (tertiary alicyclic amines) is 1. The monoisotopic (exact) mass is 501 g/mol. The van der Waals surface area contributed by atoms with Crippen LogP contribution in [0.25, 0.3) is 21.0 Å². The van der Waals surface area contributed by atoms with Gasteiger partial charge in [-0.25, -0.2) is 9.78 Å². The molecular formula is C29H31N3O3S. The second-order valence-electron chi connectivity index (χ2n) is 9.71. The number of hydrogen-bond donors (Lipinski definition) is 2. The maximum atomic E-state index is 12.8. The maximum Gasteiger partial charge on any atom is 0.317 e. The molecule has 2 atom stereocenters. The van der Waals surface area contributed by atoms with Crippen molar-refractivity contribution in [3.05, 3.63) is 59.3 Å². The van der Waals surface area contributed by atoms with E-state index in [0.29, 0.717) is 18.8 Å². The van der Waals surface area contributed by atoms with Crippen LogP contribution >= 0.6 is 11.3 Å². The van der Waals surface area contributed by atoms with Crippen LogP contribution in [-0.4, -0.2) is 46.3 Å². The fourth-order valence-corrected chi connectivity index (χ4v) is 6.04. The first kappa shape index (κ1) is 24.4. The van der Waals surface area contributed by atoms with E-state index in [1.54, 1.807) is 16.2 Å². The van der Waals surface area contributed by atoms with Crippen LogP contribution in [-0.2, 0) is 6.42 Å². The zero-order valence-electron chi connectivity index (χ0n) is 20.7. The fourth-order valence-electron chi connectivity index (χ4n) is 5.08. The zero-order chi connectivity index (χ0) is 25.2. The number of benzene rings is 2. The molecule has 0 bridgehead atoms. The molecule has 1 aliphatic heterocycles. The SMILES string of the molecule is C#Cc1cc(-c2ncc(-c3cccc4c3CCC4NC(=O)N3CCC[C@H](O)C3)s2)ccc1OC(C)C. The highest BCUT2D eigenvalue weighted by molar-refractivity contribution is 7.18. The van der Waals surface area contributed by atoms with E-state index in [0.717, 1.165) is 52.3 Å². The molecule has 1 saturated heterocycles. The molecule has 2 heterocycles. The summed E-state index contributed by atoms with van der Waals surface area (Å²) >= 11 is 1.64. The van der Waals surface area contributed by atoms with Crippen LogP contribution < -0.4 is 10.1 Å². The van der Waals surface area contributed by atoms with E-state index in [2.05, 4.69) is 29.4 Å². The predicted octanol–water partition coefficient (Wildman–Crippen LogP) is 5.40. The number of amides is 2. The standard InChI is InChI=1S/C29H31N3O3S/c1-4-19-15-20(10-13-26(19)35-18(2)3)28-30-16-27(36-28)24-9-5-8-23-22(24)11-12-25(23)31-29(34)32-14-6-7-21(33)17-32/h1,5,8-10,13,15-16,18,21,25,33H,6-7,11-12,14,17H2,2-3H3,(H,31,34)/t21-,25?/m0/s1. The van der Waals surface area contributed by atoms with Gasteiger partial charge in [-0.3, -0.25) is 0 Å². The molecule has 1 unspecified atom stereocenters. The molecule has 36 heavy (non-hydrogen) atoms. The van der Waals surface area contributed by atoms with E-state index in [4.69, 9.17) is 16.1 Å². The molecule has 6 nitrogen and oxygen atoms in total. The van der Waals surface area contributed by atoms with Gasteiger partial charge in [0.1, 0.15) is 10.8 Å². The van der Waals surface area contributed by atoms with Crippen molar-refractivity contribution >= 4 is 17.4 Å². The minimum Gasteiger partial charge on any atom is -0.490 e. The third kappa shape index (κ3) is 4.97. The van der Waals surface area contributed by atoms with E-state index in [1.165, 1.54) is 11.1 Å². The average Bonchev–Trinajstić information content (AvgIpc) is 3.52. The minimum absolute atomic E-state index is 0.0226. The Morgan fingerprint density at radius 2 is 2.17 bits per heavy atom. The fraction of sp³-hybridized carbons (Fsp3) is 0.379. The lowest BCUT2D eigenvalue weighted by molar-refractivity contribution is 0.0833. The highest BCUT2D eigenvalue weighted by Crippen LogP contribution is 2.41. The normalized spacial score (nSPS) is 19.1. The number of thiazole rings is 1. The third-order valence-electron chi connectivity index (χ3n) is 6.77. The highest BCUT2D eigenvalue weighted by atomic mass is 32.1. The van der Waals surface area contributed by atoms with Gasteiger partial charge >= 0.3 is 6.03 Å². The lowest BCUT2D eigenvalue weighted by Gasteiger charge is -2.31. The van der Waals surface area contributed by atoms with E-state index in [1.807, 2.05) is 38.2 Å². The molecule has 1 aliphatic carbocycles. The summed E-state index contributed by atoms with van der Waals surface area (Å²) < 4.78 is 5.83. The van der Waals surface area contributed by atoms with Gasteiger partial charge in [-0.05, 0) is 74.4 Å². The molecule has 2 aromatic carbocycles.